The zero-order chi connectivity index (χ0) is 18.3. The first-order chi connectivity index (χ1) is 12.5. The number of nitrogens with zero attached hydrogens (tertiary/aromatic N) is 2. The maximum absolute atomic E-state index is 12.5. The Morgan fingerprint density at radius 2 is 2.15 bits per heavy atom. The van der Waals surface area contributed by atoms with Crippen LogP contribution in [0.3, 0.4) is 0 Å². The highest BCUT2D eigenvalue weighted by atomic mass is 32.1. The lowest BCUT2D eigenvalue weighted by atomic mass is 9.93. The van der Waals surface area contributed by atoms with E-state index in [0.717, 1.165) is 38.9 Å². The summed E-state index contributed by atoms with van der Waals surface area (Å²) in [5.74, 6) is 3.45. The number of hydrogen-bond acceptors (Lipinski definition) is 5. The molecule has 2 heterocycles. The molecule has 1 saturated carbocycles. The van der Waals surface area contributed by atoms with Crippen LogP contribution in [0.2, 0.25) is 0 Å². The number of rotatable bonds is 6. The summed E-state index contributed by atoms with van der Waals surface area (Å²) in [5.41, 5.74) is 0.974. The van der Waals surface area contributed by atoms with Gasteiger partial charge >= 0.3 is 0 Å². The summed E-state index contributed by atoms with van der Waals surface area (Å²) in [4.78, 5) is 23.0. The summed E-state index contributed by atoms with van der Waals surface area (Å²) in [5, 5.41) is 7.55. The molecular formula is C20H26N4OS. The Bertz CT molecular complexity index is 857. The maximum atomic E-state index is 12.5. The van der Waals surface area contributed by atoms with E-state index in [4.69, 9.17) is 0 Å². The van der Waals surface area contributed by atoms with Crippen LogP contribution in [0.4, 0.5) is 5.82 Å². The van der Waals surface area contributed by atoms with E-state index in [-0.39, 0.29) is 5.91 Å². The van der Waals surface area contributed by atoms with Gasteiger partial charge in [0.1, 0.15) is 17.0 Å². The second-order valence-corrected chi connectivity index (χ2v) is 8.98. The van der Waals surface area contributed by atoms with Crippen LogP contribution < -0.4 is 10.6 Å². The van der Waals surface area contributed by atoms with Gasteiger partial charge in [0.2, 0.25) is 0 Å². The van der Waals surface area contributed by atoms with Crippen molar-refractivity contribution in [1.82, 2.24) is 15.3 Å². The molecule has 0 radical (unpaired) electrons. The molecule has 2 aromatic heterocycles. The van der Waals surface area contributed by atoms with Gasteiger partial charge in [-0.3, -0.25) is 4.79 Å². The minimum Gasteiger partial charge on any atom is -0.369 e. The second-order valence-electron chi connectivity index (χ2n) is 7.98. The van der Waals surface area contributed by atoms with E-state index in [1.165, 1.54) is 24.2 Å². The van der Waals surface area contributed by atoms with Crippen LogP contribution in [0, 0.1) is 30.6 Å². The first-order valence-electron chi connectivity index (χ1n) is 9.47. The van der Waals surface area contributed by atoms with E-state index < -0.39 is 0 Å². The van der Waals surface area contributed by atoms with E-state index in [0.29, 0.717) is 24.3 Å². The Morgan fingerprint density at radius 1 is 1.31 bits per heavy atom. The molecule has 2 aliphatic rings. The van der Waals surface area contributed by atoms with Crippen LogP contribution in [-0.4, -0.2) is 29.0 Å². The van der Waals surface area contributed by atoms with E-state index >= 15 is 0 Å². The molecule has 1 fully saturated rings. The molecule has 0 aliphatic heterocycles. The van der Waals surface area contributed by atoms with Gasteiger partial charge in [0.05, 0.1) is 10.3 Å². The standard InChI is InChI=1S/C20H26N4OS/c1-11(2)8-22-19(25)17-12(3)16-18(23-10-24-20(16)26-17)21-9-15-7-13-4-5-14(15)6-13/h4-5,10-11,13-15H,6-9H2,1-3H3,(H,22,25)(H,21,23,24)/t13-,14+,15-/m0/s1. The number of amides is 1. The van der Waals surface area contributed by atoms with Crippen LogP contribution in [0.15, 0.2) is 18.5 Å². The predicted molar refractivity (Wildman–Crippen MR) is 107 cm³/mol. The number of fused-ring (bicyclic) bond motifs is 3. The summed E-state index contributed by atoms with van der Waals surface area (Å²) in [6, 6.07) is 0. The van der Waals surface area contributed by atoms with Gasteiger partial charge in [-0.1, -0.05) is 26.0 Å². The number of hydrogen-bond donors (Lipinski definition) is 2. The van der Waals surface area contributed by atoms with Crippen molar-refractivity contribution in [1.29, 1.82) is 0 Å². The zero-order valence-electron chi connectivity index (χ0n) is 15.6. The van der Waals surface area contributed by atoms with Crippen LogP contribution in [0.5, 0.6) is 0 Å². The highest BCUT2D eigenvalue weighted by molar-refractivity contribution is 7.20. The number of carbonyl (C=O) groups is 1. The van der Waals surface area contributed by atoms with Crippen LogP contribution >= 0.6 is 11.3 Å². The molecule has 0 spiro atoms. The molecule has 0 saturated heterocycles. The van der Waals surface area contributed by atoms with Gasteiger partial charge in [-0.15, -0.1) is 11.3 Å². The number of aromatic nitrogens is 2. The van der Waals surface area contributed by atoms with Gasteiger partial charge in [-0.2, -0.15) is 0 Å². The Labute approximate surface area is 158 Å². The average Bonchev–Trinajstić information content (AvgIpc) is 3.32. The number of allylic oxidation sites excluding steroid dienone is 2. The van der Waals surface area contributed by atoms with Crippen molar-refractivity contribution in [3.63, 3.8) is 0 Å². The Kier molecular flexibility index (Phi) is 4.69. The third-order valence-corrected chi connectivity index (χ3v) is 6.75. The number of nitrogens with one attached hydrogen (secondary N) is 2. The predicted octanol–water partition coefficient (Wildman–Crippen LogP) is 4.01. The van der Waals surface area contributed by atoms with Crippen LogP contribution in [0.1, 0.15) is 41.9 Å². The molecule has 26 heavy (non-hydrogen) atoms. The number of thiophene rings is 1. The van der Waals surface area contributed by atoms with Gasteiger partial charge in [0.25, 0.3) is 5.91 Å². The zero-order valence-corrected chi connectivity index (χ0v) is 16.4. The monoisotopic (exact) mass is 370 g/mol. The third kappa shape index (κ3) is 3.22. The summed E-state index contributed by atoms with van der Waals surface area (Å²) in [6.07, 6.45) is 8.92. The van der Waals surface area contributed by atoms with Crippen molar-refractivity contribution in [2.75, 3.05) is 18.4 Å². The molecule has 0 unspecified atom stereocenters. The van der Waals surface area contributed by atoms with Crippen molar-refractivity contribution in [2.45, 2.75) is 33.6 Å². The minimum absolute atomic E-state index is 0.0108. The maximum Gasteiger partial charge on any atom is 0.261 e. The summed E-state index contributed by atoms with van der Waals surface area (Å²) in [6.45, 7) is 7.80. The van der Waals surface area contributed by atoms with Crippen molar-refractivity contribution in [3.8, 4) is 0 Å². The van der Waals surface area contributed by atoms with E-state index in [9.17, 15) is 4.79 Å². The molecule has 2 N–H and O–H groups in total. The lowest BCUT2D eigenvalue weighted by Gasteiger charge is -2.19. The lowest BCUT2D eigenvalue weighted by molar-refractivity contribution is 0.0952. The van der Waals surface area contributed by atoms with Gasteiger partial charge in [-0.25, -0.2) is 9.97 Å². The van der Waals surface area contributed by atoms with Crippen molar-refractivity contribution < 1.29 is 4.79 Å². The highest BCUT2D eigenvalue weighted by Crippen LogP contribution is 2.43. The highest BCUT2D eigenvalue weighted by Gasteiger charge is 2.35. The van der Waals surface area contributed by atoms with Crippen molar-refractivity contribution >= 4 is 33.3 Å². The van der Waals surface area contributed by atoms with Crippen LogP contribution in [-0.2, 0) is 0 Å². The topological polar surface area (TPSA) is 66.9 Å². The first-order valence-corrected chi connectivity index (χ1v) is 10.3. The largest absolute Gasteiger partial charge is 0.369 e. The fraction of sp³-hybridized carbons (Fsp3) is 0.550. The summed E-state index contributed by atoms with van der Waals surface area (Å²) in [7, 11) is 0. The molecule has 2 bridgehead atoms. The molecule has 2 aromatic rings. The molecule has 3 atom stereocenters. The minimum atomic E-state index is -0.0108. The van der Waals surface area contributed by atoms with Gasteiger partial charge < -0.3 is 10.6 Å². The first kappa shape index (κ1) is 17.5. The molecule has 5 nitrogen and oxygen atoms in total. The van der Waals surface area contributed by atoms with Gasteiger partial charge in [0.15, 0.2) is 0 Å². The van der Waals surface area contributed by atoms with E-state index in [1.807, 2.05) is 6.92 Å². The van der Waals surface area contributed by atoms with E-state index in [1.54, 1.807) is 6.33 Å². The van der Waals surface area contributed by atoms with Gasteiger partial charge in [-0.05, 0) is 49.0 Å². The molecule has 0 aromatic carbocycles. The molecule has 1 amide bonds. The fourth-order valence-electron chi connectivity index (χ4n) is 4.16. The number of carbonyl (C=O) groups excluding carboxylic acids is 1. The van der Waals surface area contributed by atoms with Crippen molar-refractivity contribution in [3.05, 3.63) is 28.9 Å². The smallest absolute Gasteiger partial charge is 0.261 e. The Hall–Kier alpha value is -1.95. The lowest BCUT2D eigenvalue weighted by Crippen LogP contribution is -2.27. The molecule has 4 rings (SSSR count). The molecular weight excluding hydrogens is 344 g/mol. The Morgan fingerprint density at radius 3 is 2.85 bits per heavy atom. The second kappa shape index (κ2) is 6.99. The quantitative estimate of drug-likeness (QED) is 0.754. The Balaban J connectivity index is 1.54. The number of anilines is 1. The average molecular weight is 371 g/mol. The van der Waals surface area contributed by atoms with Crippen molar-refractivity contribution in [2.24, 2.45) is 23.7 Å². The summed E-state index contributed by atoms with van der Waals surface area (Å²) >= 11 is 1.45. The van der Waals surface area contributed by atoms with E-state index in [2.05, 4.69) is 46.6 Å². The molecule has 138 valence electrons. The third-order valence-electron chi connectivity index (χ3n) is 5.55. The SMILES string of the molecule is Cc1c(C(=O)NCC(C)C)sc2ncnc(NC[C@@H]3C[C@H]4C=C[C@@H]3C4)c12. The number of aryl methyl sites for hydroxylation is 1. The summed E-state index contributed by atoms with van der Waals surface area (Å²) < 4.78 is 0. The van der Waals surface area contributed by atoms with Gasteiger partial charge in [0, 0.05) is 13.1 Å². The molecule has 6 heteroatoms. The fourth-order valence-corrected chi connectivity index (χ4v) is 5.22. The normalized spacial score (nSPS) is 23.9. The van der Waals surface area contributed by atoms with Crippen LogP contribution in [0.25, 0.3) is 10.2 Å². The molecule has 2 aliphatic carbocycles.